The second-order valence-corrected chi connectivity index (χ2v) is 4.92. The average Bonchev–Trinajstić information content (AvgIpc) is 2.47. The van der Waals surface area contributed by atoms with Crippen molar-refractivity contribution in [3.8, 4) is 0 Å². The molecule has 0 bridgehead atoms. The number of carboxylic acids is 1. The minimum Gasteiger partial charge on any atom is -0.476 e. The van der Waals surface area contributed by atoms with Gasteiger partial charge in [-0.05, 0) is 17.7 Å². The second kappa shape index (κ2) is 5.05. The molecule has 0 unspecified atom stereocenters. The minimum atomic E-state index is -1.26. The fraction of sp³-hybridized carbons (Fsp3) is 0.357. The number of piperazine rings is 1. The lowest BCUT2D eigenvalue weighted by Gasteiger charge is -2.30. The normalized spacial score (nSPS) is 18.5. The number of rotatable bonds is 2. The van der Waals surface area contributed by atoms with Crippen LogP contribution in [-0.2, 0) is 16.0 Å². The molecular weight excluding hydrogens is 258 g/mol. The summed E-state index contributed by atoms with van der Waals surface area (Å²) < 4.78 is 0. The number of hydrogen-bond donors (Lipinski definition) is 2. The first-order chi connectivity index (χ1) is 9.65. The molecule has 3 rings (SSSR count). The zero-order valence-electron chi connectivity index (χ0n) is 10.9. The Morgan fingerprint density at radius 2 is 2.05 bits per heavy atom. The van der Waals surface area contributed by atoms with Crippen LogP contribution < -0.4 is 10.2 Å². The van der Waals surface area contributed by atoms with Gasteiger partial charge < -0.3 is 15.3 Å². The third kappa shape index (κ3) is 2.30. The molecular formula is C14H15N3O3. The number of nitrogens with zero attached hydrogens (tertiary/aromatic N) is 2. The maximum absolute atomic E-state index is 11.7. The molecule has 2 aliphatic heterocycles. The summed E-state index contributed by atoms with van der Waals surface area (Å²) in [5.74, 6) is -1.69. The summed E-state index contributed by atoms with van der Waals surface area (Å²) in [5.41, 5.74) is 2.04. The Bertz CT molecular complexity index is 604. The van der Waals surface area contributed by atoms with E-state index in [4.69, 9.17) is 5.11 Å². The lowest BCUT2D eigenvalue weighted by molar-refractivity contribution is -0.130. The lowest BCUT2D eigenvalue weighted by atomic mass is 9.99. The molecule has 0 saturated carbocycles. The Kier molecular flexibility index (Phi) is 3.23. The van der Waals surface area contributed by atoms with E-state index in [1.807, 2.05) is 18.2 Å². The summed E-state index contributed by atoms with van der Waals surface area (Å²) in [5, 5.41) is 12.3. The van der Waals surface area contributed by atoms with E-state index >= 15 is 0 Å². The fourth-order valence-electron chi connectivity index (χ4n) is 2.53. The van der Waals surface area contributed by atoms with Gasteiger partial charge in [0.1, 0.15) is 0 Å². The van der Waals surface area contributed by atoms with Gasteiger partial charge in [0.05, 0.1) is 5.69 Å². The number of carbonyl (C=O) groups excluding carboxylic acids is 1. The Morgan fingerprint density at radius 1 is 1.30 bits per heavy atom. The van der Waals surface area contributed by atoms with Crippen molar-refractivity contribution in [3.05, 3.63) is 23.8 Å². The Morgan fingerprint density at radius 3 is 2.75 bits per heavy atom. The van der Waals surface area contributed by atoms with Crippen LogP contribution in [0, 0.1) is 0 Å². The van der Waals surface area contributed by atoms with Crippen LogP contribution in [0.2, 0.25) is 0 Å². The first kappa shape index (κ1) is 12.8. The SMILES string of the molecule is O=C(O)C1=Nc2cc(N3CCNCC3)ccc2CC1=O. The Balaban J connectivity index is 1.95. The maximum Gasteiger partial charge on any atom is 0.358 e. The van der Waals surface area contributed by atoms with Crippen molar-refractivity contribution in [2.24, 2.45) is 4.99 Å². The molecule has 1 aromatic rings. The van der Waals surface area contributed by atoms with E-state index in [0.29, 0.717) is 5.69 Å². The lowest BCUT2D eigenvalue weighted by Crippen LogP contribution is -2.43. The number of ketones is 1. The van der Waals surface area contributed by atoms with Crippen LogP contribution in [0.1, 0.15) is 5.56 Å². The van der Waals surface area contributed by atoms with E-state index < -0.39 is 11.8 Å². The van der Waals surface area contributed by atoms with E-state index in [1.165, 1.54) is 0 Å². The molecule has 1 aromatic carbocycles. The monoisotopic (exact) mass is 273 g/mol. The molecule has 1 fully saturated rings. The van der Waals surface area contributed by atoms with Gasteiger partial charge in [-0.25, -0.2) is 9.79 Å². The summed E-state index contributed by atoms with van der Waals surface area (Å²) in [7, 11) is 0. The quantitative estimate of drug-likeness (QED) is 0.814. The number of nitrogens with one attached hydrogen (secondary N) is 1. The van der Waals surface area contributed by atoms with Crippen molar-refractivity contribution in [1.82, 2.24) is 5.32 Å². The standard InChI is InChI=1S/C14H15N3O3/c18-12-7-9-1-2-10(17-5-3-15-4-6-17)8-11(9)16-13(12)14(19)20/h1-2,8,15H,3-7H2,(H,19,20). The van der Waals surface area contributed by atoms with Crippen LogP contribution in [0.4, 0.5) is 11.4 Å². The van der Waals surface area contributed by atoms with E-state index in [0.717, 1.165) is 37.4 Å². The van der Waals surface area contributed by atoms with Gasteiger partial charge in [0.25, 0.3) is 0 Å². The van der Waals surface area contributed by atoms with E-state index in [9.17, 15) is 9.59 Å². The molecule has 0 spiro atoms. The van der Waals surface area contributed by atoms with Gasteiger partial charge in [0.15, 0.2) is 11.5 Å². The van der Waals surface area contributed by atoms with Gasteiger partial charge in [0, 0.05) is 38.3 Å². The van der Waals surface area contributed by atoms with Crippen LogP contribution in [-0.4, -0.2) is 48.7 Å². The summed E-state index contributed by atoms with van der Waals surface area (Å²) in [4.78, 5) is 28.9. The molecule has 2 aliphatic rings. The molecule has 0 amide bonds. The molecule has 2 heterocycles. The molecule has 0 aromatic heterocycles. The highest BCUT2D eigenvalue weighted by molar-refractivity contribution is 6.65. The smallest absolute Gasteiger partial charge is 0.358 e. The molecule has 0 radical (unpaired) electrons. The topological polar surface area (TPSA) is 82.0 Å². The van der Waals surface area contributed by atoms with Crippen LogP contribution in [0.5, 0.6) is 0 Å². The van der Waals surface area contributed by atoms with Gasteiger partial charge in [-0.2, -0.15) is 0 Å². The molecule has 0 aliphatic carbocycles. The van der Waals surface area contributed by atoms with Gasteiger partial charge in [0.2, 0.25) is 0 Å². The highest BCUT2D eigenvalue weighted by Crippen LogP contribution is 2.30. The van der Waals surface area contributed by atoms with Gasteiger partial charge in [-0.3, -0.25) is 4.79 Å². The maximum atomic E-state index is 11.7. The van der Waals surface area contributed by atoms with Crippen molar-refractivity contribution in [1.29, 1.82) is 0 Å². The zero-order chi connectivity index (χ0) is 14.1. The average molecular weight is 273 g/mol. The highest BCUT2D eigenvalue weighted by Gasteiger charge is 2.26. The number of fused-ring (bicyclic) bond motifs is 1. The predicted octanol–water partition coefficient (Wildman–Crippen LogP) is 0.378. The first-order valence-electron chi connectivity index (χ1n) is 6.59. The number of aliphatic carboxylic acids is 1. The van der Waals surface area contributed by atoms with Crippen molar-refractivity contribution >= 4 is 28.8 Å². The largest absolute Gasteiger partial charge is 0.476 e. The molecule has 1 saturated heterocycles. The number of anilines is 1. The van der Waals surface area contributed by atoms with E-state index in [1.54, 1.807) is 0 Å². The highest BCUT2D eigenvalue weighted by atomic mass is 16.4. The predicted molar refractivity (Wildman–Crippen MR) is 75.0 cm³/mol. The molecule has 2 N–H and O–H groups in total. The fourth-order valence-corrected chi connectivity index (χ4v) is 2.53. The third-order valence-corrected chi connectivity index (χ3v) is 3.60. The number of carbonyl (C=O) groups is 2. The molecule has 6 nitrogen and oxygen atoms in total. The van der Waals surface area contributed by atoms with Crippen molar-refractivity contribution in [2.45, 2.75) is 6.42 Å². The van der Waals surface area contributed by atoms with Crippen LogP contribution in [0.25, 0.3) is 0 Å². The zero-order valence-corrected chi connectivity index (χ0v) is 10.9. The van der Waals surface area contributed by atoms with Gasteiger partial charge >= 0.3 is 5.97 Å². The van der Waals surface area contributed by atoms with Crippen LogP contribution >= 0.6 is 0 Å². The van der Waals surface area contributed by atoms with Crippen molar-refractivity contribution in [2.75, 3.05) is 31.1 Å². The third-order valence-electron chi connectivity index (χ3n) is 3.60. The Hall–Kier alpha value is -2.21. The van der Waals surface area contributed by atoms with Crippen molar-refractivity contribution < 1.29 is 14.7 Å². The van der Waals surface area contributed by atoms with E-state index in [2.05, 4.69) is 15.2 Å². The summed E-state index contributed by atoms with van der Waals surface area (Å²) in [6.07, 6.45) is 0.113. The summed E-state index contributed by atoms with van der Waals surface area (Å²) >= 11 is 0. The Labute approximate surface area is 116 Å². The van der Waals surface area contributed by atoms with Gasteiger partial charge in [-0.1, -0.05) is 6.07 Å². The number of Topliss-reactive ketones (excluding diaryl/α,β-unsaturated/α-hetero) is 1. The first-order valence-corrected chi connectivity index (χ1v) is 6.59. The molecule has 6 heteroatoms. The van der Waals surface area contributed by atoms with Crippen LogP contribution in [0.15, 0.2) is 23.2 Å². The molecule has 0 atom stereocenters. The molecule has 104 valence electrons. The number of aliphatic imine (C=N–C) groups is 1. The second-order valence-electron chi connectivity index (χ2n) is 4.92. The summed E-state index contributed by atoms with van der Waals surface area (Å²) in [6, 6.07) is 5.71. The van der Waals surface area contributed by atoms with Crippen molar-refractivity contribution in [3.63, 3.8) is 0 Å². The number of carboxylic acid groups (broad SMARTS) is 1. The van der Waals surface area contributed by atoms with Crippen LogP contribution in [0.3, 0.4) is 0 Å². The van der Waals surface area contributed by atoms with Gasteiger partial charge in [-0.15, -0.1) is 0 Å². The van der Waals surface area contributed by atoms with E-state index in [-0.39, 0.29) is 12.1 Å². The number of hydrogen-bond acceptors (Lipinski definition) is 5. The minimum absolute atomic E-state index is 0.113. The number of benzene rings is 1. The molecule has 20 heavy (non-hydrogen) atoms. The summed E-state index contributed by atoms with van der Waals surface area (Å²) in [6.45, 7) is 3.68.